The van der Waals surface area contributed by atoms with Crippen LogP contribution in [0.1, 0.15) is 26.7 Å². The van der Waals surface area contributed by atoms with E-state index in [4.69, 9.17) is 4.74 Å². The van der Waals surface area contributed by atoms with E-state index in [0.29, 0.717) is 31.6 Å². The maximum atomic E-state index is 11.0. The first-order valence-corrected chi connectivity index (χ1v) is 4.67. The maximum absolute atomic E-state index is 11.0. The van der Waals surface area contributed by atoms with Gasteiger partial charge in [-0.2, -0.15) is 0 Å². The number of rotatable bonds is 6. The Bertz CT molecular complexity index is 223. The standard InChI is InChI=1S/C10H17NO3/c1-4-14-9(12)6-5-7-11-10(13)8(2)3/h2,4-7H2,1,3H3,(H,11,13). The Morgan fingerprint density at radius 3 is 2.57 bits per heavy atom. The van der Waals surface area contributed by atoms with E-state index in [-0.39, 0.29) is 11.9 Å². The average molecular weight is 199 g/mol. The summed E-state index contributed by atoms with van der Waals surface area (Å²) >= 11 is 0. The van der Waals surface area contributed by atoms with Crippen LogP contribution in [0.3, 0.4) is 0 Å². The third-order valence-electron chi connectivity index (χ3n) is 1.54. The first-order valence-electron chi connectivity index (χ1n) is 4.67. The molecule has 1 amide bonds. The number of carbonyl (C=O) groups excluding carboxylic acids is 2. The zero-order valence-electron chi connectivity index (χ0n) is 8.76. The molecule has 0 atom stereocenters. The van der Waals surface area contributed by atoms with Gasteiger partial charge >= 0.3 is 5.97 Å². The molecule has 0 rings (SSSR count). The maximum Gasteiger partial charge on any atom is 0.305 e. The van der Waals surface area contributed by atoms with Crippen LogP contribution in [-0.4, -0.2) is 25.0 Å². The molecule has 0 aromatic carbocycles. The van der Waals surface area contributed by atoms with Gasteiger partial charge in [-0.25, -0.2) is 0 Å². The highest BCUT2D eigenvalue weighted by atomic mass is 16.5. The van der Waals surface area contributed by atoms with E-state index in [2.05, 4.69) is 11.9 Å². The second-order valence-corrected chi connectivity index (χ2v) is 2.94. The van der Waals surface area contributed by atoms with Gasteiger partial charge in [0.05, 0.1) is 6.61 Å². The molecule has 0 aliphatic rings. The van der Waals surface area contributed by atoms with Gasteiger partial charge in [0.1, 0.15) is 0 Å². The van der Waals surface area contributed by atoms with Crippen molar-refractivity contribution in [1.82, 2.24) is 5.32 Å². The summed E-state index contributed by atoms with van der Waals surface area (Å²) in [6, 6.07) is 0. The van der Waals surface area contributed by atoms with Crippen LogP contribution in [0, 0.1) is 0 Å². The van der Waals surface area contributed by atoms with Gasteiger partial charge in [0.25, 0.3) is 0 Å². The highest BCUT2D eigenvalue weighted by molar-refractivity contribution is 5.92. The SMILES string of the molecule is C=C(C)C(=O)NCCCC(=O)OCC. The van der Waals surface area contributed by atoms with Gasteiger partial charge in [0.2, 0.25) is 5.91 Å². The van der Waals surface area contributed by atoms with Crippen LogP contribution in [0.5, 0.6) is 0 Å². The molecular formula is C10H17NO3. The van der Waals surface area contributed by atoms with Crippen molar-refractivity contribution in [3.8, 4) is 0 Å². The monoisotopic (exact) mass is 199 g/mol. The molecule has 0 radical (unpaired) electrons. The minimum Gasteiger partial charge on any atom is -0.466 e. The van der Waals surface area contributed by atoms with Crippen molar-refractivity contribution < 1.29 is 14.3 Å². The van der Waals surface area contributed by atoms with Gasteiger partial charge < -0.3 is 10.1 Å². The summed E-state index contributed by atoms with van der Waals surface area (Å²) in [5.41, 5.74) is 0.473. The normalized spacial score (nSPS) is 9.29. The Kier molecular flexibility index (Phi) is 6.45. The van der Waals surface area contributed by atoms with E-state index < -0.39 is 0 Å². The van der Waals surface area contributed by atoms with E-state index in [1.165, 1.54) is 0 Å². The van der Waals surface area contributed by atoms with Crippen molar-refractivity contribution in [2.75, 3.05) is 13.2 Å². The predicted molar refractivity (Wildman–Crippen MR) is 53.7 cm³/mol. The Morgan fingerprint density at radius 2 is 2.07 bits per heavy atom. The summed E-state index contributed by atoms with van der Waals surface area (Å²) in [4.78, 5) is 21.9. The molecule has 0 aromatic heterocycles. The molecule has 0 fully saturated rings. The number of hydrogen-bond acceptors (Lipinski definition) is 3. The predicted octanol–water partition coefficient (Wildman–Crippen LogP) is 1.02. The van der Waals surface area contributed by atoms with E-state index in [9.17, 15) is 9.59 Å². The van der Waals surface area contributed by atoms with Gasteiger partial charge in [-0.3, -0.25) is 9.59 Å². The van der Waals surface area contributed by atoms with Crippen LogP contribution in [0.25, 0.3) is 0 Å². The Labute approximate surface area is 84.3 Å². The van der Waals surface area contributed by atoms with Gasteiger partial charge in [0, 0.05) is 18.5 Å². The number of nitrogens with one attached hydrogen (secondary N) is 1. The van der Waals surface area contributed by atoms with Crippen LogP contribution in [-0.2, 0) is 14.3 Å². The van der Waals surface area contributed by atoms with Gasteiger partial charge in [-0.15, -0.1) is 0 Å². The third-order valence-corrected chi connectivity index (χ3v) is 1.54. The van der Waals surface area contributed by atoms with Crippen LogP contribution in [0.2, 0.25) is 0 Å². The molecule has 1 N–H and O–H groups in total. The lowest BCUT2D eigenvalue weighted by molar-refractivity contribution is -0.143. The zero-order valence-corrected chi connectivity index (χ0v) is 8.76. The molecule has 0 unspecified atom stereocenters. The molecule has 0 saturated heterocycles. The van der Waals surface area contributed by atoms with Crippen molar-refractivity contribution in [3.05, 3.63) is 12.2 Å². The fourth-order valence-corrected chi connectivity index (χ4v) is 0.819. The fourth-order valence-electron chi connectivity index (χ4n) is 0.819. The molecular weight excluding hydrogens is 182 g/mol. The smallest absolute Gasteiger partial charge is 0.305 e. The van der Waals surface area contributed by atoms with Gasteiger partial charge in [0.15, 0.2) is 0 Å². The van der Waals surface area contributed by atoms with Crippen LogP contribution >= 0.6 is 0 Å². The van der Waals surface area contributed by atoms with E-state index in [1.807, 2.05) is 0 Å². The molecule has 0 saturated carbocycles. The lowest BCUT2D eigenvalue weighted by atomic mass is 10.3. The lowest BCUT2D eigenvalue weighted by Gasteiger charge is -2.04. The number of amides is 1. The summed E-state index contributed by atoms with van der Waals surface area (Å²) in [7, 11) is 0. The minimum atomic E-state index is -0.225. The second kappa shape index (κ2) is 7.12. The van der Waals surface area contributed by atoms with Gasteiger partial charge in [-0.05, 0) is 20.3 Å². The van der Waals surface area contributed by atoms with Crippen molar-refractivity contribution in [2.24, 2.45) is 0 Å². The molecule has 0 bridgehead atoms. The zero-order chi connectivity index (χ0) is 11.0. The highest BCUT2D eigenvalue weighted by Gasteiger charge is 2.03. The first kappa shape index (κ1) is 12.7. The quantitative estimate of drug-likeness (QED) is 0.395. The Balaban J connectivity index is 3.42. The molecule has 4 heteroatoms. The topological polar surface area (TPSA) is 55.4 Å². The van der Waals surface area contributed by atoms with Crippen molar-refractivity contribution in [3.63, 3.8) is 0 Å². The van der Waals surface area contributed by atoms with E-state index in [0.717, 1.165) is 0 Å². The molecule has 0 aliphatic heterocycles. The van der Waals surface area contributed by atoms with Crippen molar-refractivity contribution >= 4 is 11.9 Å². The lowest BCUT2D eigenvalue weighted by Crippen LogP contribution is -2.25. The number of esters is 1. The molecule has 0 aromatic rings. The van der Waals surface area contributed by atoms with Crippen LogP contribution < -0.4 is 5.32 Å². The summed E-state index contributed by atoms with van der Waals surface area (Å²) in [5.74, 6) is -0.397. The van der Waals surface area contributed by atoms with E-state index >= 15 is 0 Å². The number of ether oxygens (including phenoxy) is 1. The summed E-state index contributed by atoms with van der Waals surface area (Å²) < 4.78 is 4.73. The summed E-state index contributed by atoms with van der Waals surface area (Å²) in [6.07, 6.45) is 0.933. The minimum absolute atomic E-state index is 0.172. The third kappa shape index (κ3) is 6.22. The second-order valence-electron chi connectivity index (χ2n) is 2.94. The molecule has 0 spiro atoms. The van der Waals surface area contributed by atoms with E-state index in [1.54, 1.807) is 13.8 Å². The Morgan fingerprint density at radius 1 is 1.43 bits per heavy atom. The Hall–Kier alpha value is -1.32. The highest BCUT2D eigenvalue weighted by Crippen LogP contribution is 1.92. The molecule has 80 valence electrons. The average Bonchev–Trinajstić information content (AvgIpc) is 2.12. The first-order chi connectivity index (χ1) is 6.57. The largest absolute Gasteiger partial charge is 0.466 e. The fraction of sp³-hybridized carbons (Fsp3) is 0.600. The van der Waals surface area contributed by atoms with Gasteiger partial charge in [-0.1, -0.05) is 6.58 Å². The number of carbonyl (C=O) groups is 2. The molecule has 0 aliphatic carbocycles. The van der Waals surface area contributed by atoms with Crippen molar-refractivity contribution in [1.29, 1.82) is 0 Å². The summed E-state index contributed by atoms with van der Waals surface area (Å²) in [6.45, 7) is 7.78. The van der Waals surface area contributed by atoms with Crippen LogP contribution in [0.15, 0.2) is 12.2 Å². The van der Waals surface area contributed by atoms with Crippen LogP contribution in [0.4, 0.5) is 0 Å². The molecule has 0 heterocycles. The molecule has 14 heavy (non-hydrogen) atoms. The molecule has 4 nitrogen and oxygen atoms in total. The van der Waals surface area contributed by atoms with Crippen molar-refractivity contribution in [2.45, 2.75) is 26.7 Å². The summed E-state index contributed by atoms with van der Waals surface area (Å²) in [5, 5.41) is 2.63. The number of hydrogen-bond donors (Lipinski definition) is 1.